The molecular formula is C20H19FN6O2. The van der Waals surface area contributed by atoms with Crippen molar-refractivity contribution in [3.8, 4) is 11.5 Å². The molecule has 29 heavy (non-hydrogen) atoms. The van der Waals surface area contributed by atoms with E-state index in [1.54, 1.807) is 10.6 Å². The van der Waals surface area contributed by atoms with Crippen LogP contribution in [0.4, 0.5) is 10.3 Å². The van der Waals surface area contributed by atoms with E-state index in [0.29, 0.717) is 35.1 Å². The SMILES string of the molecule is N.Nc1nc2c3c(C4CC4)cc(F)cc3nc(Cc3ccc4c(c3)OCO4)n2n1. The molecule has 0 unspecified atom stereocenters. The standard InChI is InChI=1S/C20H16FN5O2.H3N/c21-12-7-13(11-2-3-11)18-14(8-12)23-17(26-19(18)24-20(22)25-26)6-10-1-4-15-16(5-10)28-9-27-15;/h1,4-5,7-8,11H,2-3,6,9H2,(H2,22,25);1H3. The quantitative estimate of drug-likeness (QED) is 0.546. The molecule has 6 rings (SSSR count). The second-order valence-corrected chi connectivity index (χ2v) is 7.26. The van der Waals surface area contributed by atoms with Crippen LogP contribution in [-0.2, 0) is 6.42 Å². The van der Waals surface area contributed by atoms with Gasteiger partial charge in [-0.25, -0.2) is 9.37 Å². The molecule has 0 radical (unpaired) electrons. The number of rotatable bonds is 3. The fourth-order valence-electron chi connectivity index (χ4n) is 3.87. The van der Waals surface area contributed by atoms with Crippen LogP contribution in [0.5, 0.6) is 11.5 Å². The van der Waals surface area contributed by atoms with Crippen LogP contribution in [0, 0.1) is 5.82 Å². The Balaban J connectivity index is 0.00000181. The highest BCUT2D eigenvalue weighted by Crippen LogP contribution is 2.44. The maximum atomic E-state index is 14.3. The molecule has 0 atom stereocenters. The number of ether oxygens (including phenoxy) is 2. The average Bonchev–Trinajstić information content (AvgIpc) is 3.28. The maximum Gasteiger partial charge on any atom is 0.240 e. The number of nitrogens with zero attached hydrogens (tertiary/aromatic N) is 4. The Morgan fingerprint density at radius 3 is 2.76 bits per heavy atom. The van der Waals surface area contributed by atoms with E-state index in [1.807, 2.05) is 18.2 Å². The van der Waals surface area contributed by atoms with Crippen LogP contribution in [0.2, 0.25) is 0 Å². The second kappa shape index (κ2) is 6.28. The van der Waals surface area contributed by atoms with E-state index in [2.05, 4.69) is 10.1 Å². The van der Waals surface area contributed by atoms with Gasteiger partial charge in [-0.3, -0.25) is 0 Å². The van der Waals surface area contributed by atoms with E-state index in [4.69, 9.17) is 20.2 Å². The zero-order valence-electron chi connectivity index (χ0n) is 15.6. The van der Waals surface area contributed by atoms with Crippen molar-refractivity contribution in [3.63, 3.8) is 0 Å². The molecule has 0 bridgehead atoms. The molecule has 0 amide bonds. The number of halogens is 1. The summed E-state index contributed by atoms with van der Waals surface area (Å²) in [5.74, 6) is 2.30. The molecule has 1 aliphatic heterocycles. The molecular weight excluding hydrogens is 375 g/mol. The molecule has 148 valence electrons. The first-order valence-electron chi connectivity index (χ1n) is 9.18. The zero-order valence-corrected chi connectivity index (χ0v) is 15.6. The molecule has 2 aromatic heterocycles. The van der Waals surface area contributed by atoms with E-state index in [0.717, 1.165) is 35.1 Å². The van der Waals surface area contributed by atoms with Crippen molar-refractivity contribution in [1.29, 1.82) is 0 Å². The molecule has 2 aliphatic rings. The minimum Gasteiger partial charge on any atom is -0.454 e. The highest BCUT2D eigenvalue weighted by atomic mass is 19.1. The summed E-state index contributed by atoms with van der Waals surface area (Å²) in [7, 11) is 0. The van der Waals surface area contributed by atoms with Gasteiger partial charge in [0.05, 0.1) is 5.52 Å². The third-order valence-corrected chi connectivity index (χ3v) is 5.27. The van der Waals surface area contributed by atoms with Gasteiger partial charge in [-0.1, -0.05) is 6.07 Å². The minimum atomic E-state index is -0.284. The van der Waals surface area contributed by atoms with Crippen LogP contribution in [0.15, 0.2) is 30.3 Å². The van der Waals surface area contributed by atoms with E-state index >= 15 is 0 Å². The topological polar surface area (TPSA) is 123 Å². The van der Waals surface area contributed by atoms with E-state index < -0.39 is 0 Å². The number of hydrogen-bond donors (Lipinski definition) is 2. The van der Waals surface area contributed by atoms with Crippen molar-refractivity contribution in [2.24, 2.45) is 0 Å². The van der Waals surface area contributed by atoms with Gasteiger partial charge in [-0.2, -0.15) is 9.50 Å². The molecule has 0 saturated heterocycles. The Morgan fingerprint density at radius 2 is 1.93 bits per heavy atom. The Kier molecular flexibility index (Phi) is 3.82. The first-order chi connectivity index (χ1) is 13.7. The van der Waals surface area contributed by atoms with E-state index in [-0.39, 0.29) is 24.7 Å². The maximum absolute atomic E-state index is 14.3. The van der Waals surface area contributed by atoms with Crippen LogP contribution in [0.25, 0.3) is 16.6 Å². The first kappa shape index (κ1) is 17.6. The Labute approximate surface area is 165 Å². The van der Waals surface area contributed by atoms with Crippen LogP contribution >= 0.6 is 0 Å². The summed E-state index contributed by atoms with van der Waals surface area (Å²) in [5, 5.41) is 5.18. The third-order valence-electron chi connectivity index (χ3n) is 5.27. The number of nitrogen functional groups attached to an aromatic ring is 1. The number of nitrogens with two attached hydrogens (primary N) is 1. The predicted octanol–water partition coefficient (Wildman–Crippen LogP) is 3.36. The van der Waals surface area contributed by atoms with Gasteiger partial charge >= 0.3 is 0 Å². The number of fused-ring (bicyclic) bond motifs is 4. The number of hydrogen-bond acceptors (Lipinski definition) is 7. The lowest BCUT2D eigenvalue weighted by Gasteiger charge is -2.10. The lowest BCUT2D eigenvalue weighted by atomic mass is 10.0. The summed E-state index contributed by atoms with van der Waals surface area (Å²) in [5.41, 5.74) is 9.03. The van der Waals surface area contributed by atoms with Gasteiger partial charge in [0, 0.05) is 17.9 Å². The second-order valence-electron chi connectivity index (χ2n) is 7.26. The van der Waals surface area contributed by atoms with Crippen molar-refractivity contribution in [3.05, 3.63) is 53.1 Å². The summed E-state index contributed by atoms with van der Waals surface area (Å²) in [6, 6.07) is 8.78. The Hall–Kier alpha value is -3.46. The molecule has 3 heterocycles. The van der Waals surface area contributed by atoms with Gasteiger partial charge < -0.3 is 21.4 Å². The van der Waals surface area contributed by atoms with Crippen molar-refractivity contribution in [1.82, 2.24) is 25.7 Å². The summed E-state index contributed by atoms with van der Waals surface area (Å²) < 4.78 is 26.8. The van der Waals surface area contributed by atoms with E-state index in [1.165, 1.54) is 6.07 Å². The van der Waals surface area contributed by atoms with Crippen LogP contribution < -0.4 is 21.4 Å². The largest absolute Gasteiger partial charge is 0.454 e. The molecule has 1 saturated carbocycles. The zero-order chi connectivity index (χ0) is 18.8. The molecule has 2 aromatic carbocycles. The molecule has 4 aromatic rings. The summed E-state index contributed by atoms with van der Waals surface area (Å²) in [4.78, 5) is 9.15. The van der Waals surface area contributed by atoms with Gasteiger partial charge in [0.25, 0.3) is 0 Å². The molecule has 8 nitrogen and oxygen atoms in total. The van der Waals surface area contributed by atoms with Gasteiger partial charge in [-0.15, -0.1) is 5.10 Å². The first-order valence-corrected chi connectivity index (χ1v) is 9.18. The van der Waals surface area contributed by atoms with Gasteiger partial charge in [-0.05, 0) is 48.1 Å². The van der Waals surface area contributed by atoms with Crippen molar-refractivity contribution < 1.29 is 13.9 Å². The number of benzene rings is 2. The van der Waals surface area contributed by atoms with Crippen LogP contribution in [0.1, 0.15) is 35.7 Å². The highest BCUT2D eigenvalue weighted by molar-refractivity contribution is 5.95. The fourth-order valence-corrected chi connectivity index (χ4v) is 3.87. The molecule has 0 spiro atoms. The highest BCUT2D eigenvalue weighted by Gasteiger charge is 2.28. The van der Waals surface area contributed by atoms with Crippen LogP contribution in [-0.4, -0.2) is 26.4 Å². The summed E-state index contributed by atoms with van der Waals surface area (Å²) in [6.45, 7) is 0.222. The predicted molar refractivity (Wildman–Crippen MR) is 105 cm³/mol. The van der Waals surface area contributed by atoms with Crippen molar-refractivity contribution >= 4 is 22.5 Å². The molecule has 1 fully saturated rings. The summed E-state index contributed by atoms with van der Waals surface area (Å²) >= 11 is 0. The van der Waals surface area contributed by atoms with Crippen molar-refractivity contribution in [2.75, 3.05) is 12.5 Å². The smallest absolute Gasteiger partial charge is 0.240 e. The summed E-state index contributed by atoms with van der Waals surface area (Å²) in [6.07, 6.45) is 2.57. The van der Waals surface area contributed by atoms with Gasteiger partial charge in [0.1, 0.15) is 11.6 Å². The third kappa shape index (κ3) is 2.82. The fraction of sp³-hybridized carbons (Fsp3) is 0.250. The van der Waals surface area contributed by atoms with Crippen molar-refractivity contribution in [2.45, 2.75) is 25.2 Å². The van der Waals surface area contributed by atoms with E-state index in [9.17, 15) is 4.39 Å². The van der Waals surface area contributed by atoms with Gasteiger partial charge in [0.15, 0.2) is 17.1 Å². The normalized spacial score (nSPS) is 15.1. The molecule has 5 N–H and O–H groups in total. The average molecular weight is 394 g/mol. The Morgan fingerprint density at radius 1 is 1.10 bits per heavy atom. The van der Waals surface area contributed by atoms with Gasteiger partial charge in [0.2, 0.25) is 12.7 Å². The number of aromatic nitrogens is 4. The lowest BCUT2D eigenvalue weighted by Crippen LogP contribution is -2.06. The lowest BCUT2D eigenvalue weighted by molar-refractivity contribution is 0.174. The van der Waals surface area contributed by atoms with Crippen LogP contribution in [0.3, 0.4) is 0 Å². The monoisotopic (exact) mass is 394 g/mol. The Bertz CT molecular complexity index is 1270. The molecule has 1 aliphatic carbocycles. The minimum absolute atomic E-state index is 0. The molecule has 9 heteroatoms. The number of anilines is 1.